The van der Waals surface area contributed by atoms with E-state index in [9.17, 15) is 24.3 Å². The summed E-state index contributed by atoms with van der Waals surface area (Å²) in [5.41, 5.74) is -0.774. The molecule has 12 heteroatoms. The summed E-state index contributed by atoms with van der Waals surface area (Å²) in [4.78, 5) is 50.4. The Kier molecular flexibility index (Phi) is 12.8. The van der Waals surface area contributed by atoms with Crippen molar-refractivity contribution in [2.45, 2.75) is 45.3 Å². The first-order valence-corrected chi connectivity index (χ1v) is 9.34. The zero-order valence-corrected chi connectivity index (χ0v) is 17.9. The number of aliphatic imine (C=N–C) groups is 1. The molecule has 12 nitrogen and oxygen atoms in total. The fourth-order valence-electron chi connectivity index (χ4n) is 1.84. The van der Waals surface area contributed by atoms with Gasteiger partial charge in [0.1, 0.15) is 24.9 Å². The number of guanidine groups is 1. The van der Waals surface area contributed by atoms with E-state index >= 15 is 0 Å². The number of carboxylic acids is 1. The summed E-state index contributed by atoms with van der Waals surface area (Å²) in [6, 6.07) is -1.20. The number of ether oxygens (including phenoxy) is 3. The van der Waals surface area contributed by atoms with Gasteiger partial charge in [-0.25, -0.2) is 19.2 Å². The molecule has 0 rings (SSSR count). The lowest BCUT2D eigenvalue weighted by molar-refractivity contribution is -0.139. The second kappa shape index (κ2) is 14.4. The Morgan fingerprint density at radius 1 is 1.00 bits per heavy atom. The average Bonchev–Trinajstić information content (AvgIpc) is 2.65. The van der Waals surface area contributed by atoms with Crippen molar-refractivity contribution in [2.75, 3.05) is 19.8 Å². The predicted molar refractivity (Wildman–Crippen MR) is 112 cm³/mol. The average molecular weight is 442 g/mol. The van der Waals surface area contributed by atoms with Crippen molar-refractivity contribution >= 4 is 30.2 Å². The summed E-state index contributed by atoms with van der Waals surface area (Å²) in [7, 11) is 0. The van der Waals surface area contributed by atoms with Gasteiger partial charge in [-0.2, -0.15) is 0 Å². The number of aliphatic carboxylic acids is 1. The van der Waals surface area contributed by atoms with Gasteiger partial charge in [0.25, 0.3) is 0 Å². The lowest BCUT2D eigenvalue weighted by Gasteiger charge is -2.21. The largest absolute Gasteiger partial charge is 0.480 e. The van der Waals surface area contributed by atoms with Crippen molar-refractivity contribution in [1.82, 2.24) is 16.0 Å². The highest BCUT2D eigenvalue weighted by atomic mass is 16.6. The molecule has 1 atom stereocenters. The van der Waals surface area contributed by atoms with Crippen molar-refractivity contribution < 1.29 is 38.5 Å². The molecule has 0 fully saturated rings. The summed E-state index contributed by atoms with van der Waals surface area (Å²) >= 11 is 0. The van der Waals surface area contributed by atoms with Crippen LogP contribution in [0.3, 0.4) is 0 Å². The second-order valence-corrected chi connectivity index (χ2v) is 6.93. The van der Waals surface area contributed by atoms with Gasteiger partial charge in [0.05, 0.1) is 0 Å². The molecule has 0 aliphatic rings. The van der Waals surface area contributed by atoms with Crippen LogP contribution in [0.1, 0.15) is 33.6 Å². The fraction of sp³-hybridized carbons (Fsp3) is 0.526. The third-order valence-electron chi connectivity index (χ3n) is 3.02. The van der Waals surface area contributed by atoms with Crippen LogP contribution in [0.15, 0.2) is 30.3 Å². The van der Waals surface area contributed by atoms with Crippen LogP contribution < -0.4 is 16.0 Å². The monoisotopic (exact) mass is 442 g/mol. The molecule has 0 spiro atoms. The molecule has 0 heterocycles. The van der Waals surface area contributed by atoms with Gasteiger partial charge in [-0.05, 0) is 33.6 Å². The maximum Gasteiger partial charge on any atom is 0.414 e. The molecule has 0 aromatic carbocycles. The summed E-state index contributed by atoms with van der Waals surface area (Å²) < 4.78 is 14.5. The van der Waals surface area contributed by atoms with Crippen LogP contribution in [-0.2, 0) is 19.0 Å². The molecule has 0 saturated carbocycles. The predicted octanol–water partition coefficient (Wildman–Crippen LogP) is 1.92. The molecule has 174 valence electrons. The summed E-state index contributed by atoms with van der Waals surface area (Å²) in [6.45, 7) is 11.7. The van der Waals surface area contributed by atoms with Gasteiger partial charge in [-0.15, -0.1) is 0 Å². The van der Waals surface area contributed by atoms with Crippen molar-refractivity contribution in [3.05, 3.63) is 25.3 Å². The molecular formula is C19H30N4O8. The number of hydrogen-bond acceptors (Lipinski definition) is 8. The van der Waals surface area contributed by atoms with Gasteiger partial charge in [-0.1, -0.05) is 25.3 Å². The maximum atomic E-state index is 11.8. The maximum absolute atomic E-state index is 11.8. The standard InChI is InChI=1S/C19H30N4O8/c1-6-11-29-16(26)22-15(23-17(27)30-12-7-2)20-10-8-9-13(14(24)25)21-18(28)31-19(3,4)5/h6-7,13H,1-2,8-12H2,3-5H3,(H,21,28)(H,24,25)(H2,20,22,23,26,27)/t13-/m0/s1. The number of amides is 3. The molecule has 31 heavy (non-hydrogen) atoms. The zero-order chi connectivity index (χ0) is 23.9. The van der Waals surface area contributed by atoms with E-state index in [0.29, 0.717) is 0 Å². The molecule has 0 bridgehead atoms. The van der Waals surface area contributed by atoms with Gasteiger partial charge in [0.2, 0.25) is 5.96 Å². The first kappa shape index (κ1) is 27.4. The number of alkyl carbamates (subject to hydrolysis) is 3. The van der Waals surface area contributed by atoms with Gasteiger partial charge < -0.3 is 24.6 Å². The van der Waals surface area contributed by atoms with Crippen molar-refractivity contribution in [3.63, 3.8) is 0 Å². The fourth-order valence-corrected chi connectivity index (χ4v) is 1.84. The Balaban J connectivity index is 4.88. The van der Waals surface area contributed by atoms with E-state index < -0.39 is 35.9 Å². The third kappa shape index (κ3) is 15.0. The minimum absolute atomic E-state index is 0.0125. The van der Waals surface area contributed by atoms with E-state index in [1.807, 2.05) is 0 Å². The molecule has 0 aromatic heterocycles. The Bertz CT molecular complexity index is 657. The lowest BCUT2D eigenvalue weighted by atomic mass is 10.1. The minimum atomic E-state index is -1.24. The van der Waals surface area contributed by atoms with Crippen LogP contribution in [0.25, 0.3) is 0 Å². The SMILES string of the molecule is C=CCOC(=O)NC(=NCCC[C@H](NC(=O)OC(C)(C)C)C(=O)O)NC(=O)OCC=C. The highest BCUT2D eigenvalue weighted by molar-refractivity contribution is 6.01. The van der Waals surface area contributed by atoms with Crippen LogP contribution in [0.4, 0.5) is 14.4 Å². The van der Waals surface area contributed by atoms with Crippen LogP contribution >= 0.6 is 0 Å². The highest BCUT2D eigenvalue weighted by Crippen LogP contribution is 2.08. The van der Waals surface area contributed by atoms with E-state index in [1.165, 1.54) is 12.2 Å². The topological polar surface area (TPSA) is 165 Å². The molecule has 0 aliphatic heterocycles. The van der Waals surface area contributed by atoms with Gasteiger partial charge in [0, 0.05) is 6.54 Å². The van der Waals surface area contributed by atoms with Crippen LogP contribution in [0.5, 0.6) is 0 Å². The van der Waals surface area contributed by atoms with E-state index in [2.05, 4.69) is 34.1 Å². The van der Waals surface area contributed by atoms with E-state index in [4.69, 9.17) is 14.2 Å². The van der Waals surface area contributed by atoms with Crippen molar-refractivity contribution in [2.24, 2.45) is 4.99 Å². The quantitative estimate of drug-likeness (QED) is 0.131. The Morgan fingerprint density at radius 2 is 1.52 bits per heavy atom. The summed E-state index contributed by atoms with van der Waals surface area (Å²) in [6.07, 6.45) is 0.284. The van der Waals surface area contributed by atoms with Crippen molar-refractivity contribution in [1.29, 1.82) is 0 Å². The Labute approximate surface area is 180 Å². The number of rotatable bonds is 10. The van der Waals surface area contributed by atoms with Gasteiger partial charge >= 0.3 is 24.2 Å². The van der Waals surface area contributed by atoms with Crippen molar-refractivity contribution in [3.8, 4) is 0 Å². The number of carbonyl (C=O) groups excluding carboxylic acids is 3. The molecule has 0 aliphatic carbocycles. The van der Waals surface area contributed by atoms with E-state index in [-0.39, 0.29) is 38.6 Å². The second-order valence-electron chi connectivity index (χ2n) is 6.93. The first-order valence-electron chi connectivity index (χ1n) is 9.34. The first-order chi connectivity index (χ1) is 14.5. The molecule has 0 aromatic rings. The van der Waals surface area contributed by atoms with E-state index in [0.717, 1.165) is 0 Å². The molecule has 0 saturated heterocycles. The smallest absolute Gasteiger partial charge is 0.414 e. The highest BCUT2D eigenvalue weighted by Gasteiger charge is 2.23. The van der Waals surface area contributed by atoms with Gasteiger partial charge in [0.15, 0.2) is 0 Å². The molecular weight excluding hydrogens is 412 g/mol. The lowest BCUT2D eigenvalue weighted by Crippen LogP contribution is -2.45. The molecule has 0 unspecified atom stereocenters. The number of hydrogen-bond donors (Lipinski definition) is 4. The number of nitrogens with zero attached hydrogens (tertiary/aromatic N) is 1. The Hall–Kier alpha value is -3.57. The number of carbonyl (C=O) groups is 4. The third-order valence-corrected chi connectivity index (χ3v) is 3.02. The summed E-state index contributed by atoms with van der Waals surface area (Å²) in [5.74, 6) is -1.50. The zero-order valence-electron chi connectivity index (χ0n) is 17.9. The summed E-state index contributed by atoms with van der Waals surface area (Å²) in [5, 5.41) is 16.0. The van der Waals surface area contributed by atoms with Crippen LogP contribution in [0, 0.1) is 0 Å². The Morgan fingerprint density at radius 3 is 1.94 bits per heavy atom. The van der Waals surface area contributed by atoms with E-state index in [1.54, 1.807) is 20.8 Å². The van der Waals surface area contributed by atoms with Gasteiger partial charge in [-0.3, -0.25) is 15.6 Å². The minimum Gasteiger partial charge on any atom is -0.480 e. The molecule has 0 radical (unpaired) electrons. The van der Waals surface area contributed by atoms with Crippen LogP contribution in [0.2, 0.25) is 0 Å². The normalized spacial score (nSPS) is 11.2. The molecule has 3 amide bonds. The van der Waals surface area contributed by atoms with Crippen LogP contribution in [-0.4, -0.2) is 66.7 Å². The molecule has 4 N–H and O–H groups in total. The number of carboxylic acid groups (broad SMARTS) is 1. The number of nitrogens with one attached hydrogen (secondary N) is 3.